The maximum Gasteiger partial charge on any atom is 0.269 e. The second-order valence-corrected chi connectivity index (χ2v) is 4.56. The summed E-state index contributed by atoms with van der Waals surface area (Å²) in [7, 11) is 0. The molecule has 0 spiro atoms. The zero-order valence-corrected chi connectivity index (χ0v) is 11.2. The van der Waals surface area contributed by atoms with Crippen molar-refractivity contribution in [2.45, 2.75) is 6.92 Å². The van der Waals surface area contributed by atoms with Crippen molar-refractivity contribution < 1.29 is 4.92 Å². The molecular formula is C16H16N2O2. The molecule has 1 N–H and O–H groups in total. The van der Waals surface area contributed by atoms with Gasteiger partial charge in [-0.1, -0.05) is 42.0 Å². The number of nitro groups is 1. The first-order valence-electron chi connectivity index (χ1n) is 6.36. The topological polar surface area (TPSA) is 55.2 Å². The molecule has 0 heterocycles. The van der Waals surface area contributed by atoms with Crippen molar-refractivity contribution in [2.24, 2.45) is 0 Å². The van der Waals surface area contributed by atoms with E-state index in [2.05, 4.69) is 23.5 Å². The van der Waals surface area contributed by atoms with Crippen molar-refractivity contribution >= 4 is 17.5 Å². The first-order chi connectivity index (χ1) is 9.65. The van der Waals surface area contributed by atoms with Crippen molar-refractivity contribution in [3.63, 3.8) is 0 Å². The van der Waals surface area contributed by atoms with E-state index in [0.717, 1.165) is 11.3 Å². The molecule has 4 nitrogen and oxygen atoms in total. The van der Waals surface area contributed by atoms with Crippen molar-refractivity contribution in [3.8, 4) is 0 Å². The first-order valence-corrected chi connectivity index (χ1v) is 6.36. The predicted molar refractivity (Wildman–Crippen MR) is 81.7 cm³/mol. The summed E-state index contributed by atoms with van der Waals surface area (Å²) >= 11 is 0. The average Bonchev–Trinajstić information content (AvgIpc) is 2.46. The summed E-state index contributed by atoms with van der Waals surface area (Å²) in [5.41, 5.74) is 3.33. The smallest absolute Gasteiger partial charge is 0.269 e. The van der Waals surface area contributed by atoms with E-state index >= 15 is 0 Å². The van der Waals surface area contributed by atoms with Crippen LogP contribution in [0.2, 0.25) is 0 Å². The highest BCUT2D eigenvalue weighted by atomic mass is 16.6. The average molecular weight is 268 g/mol. The summed E-state index contributed by atoms with van der Waals surface area (Å²) in [6, 6.07) is 16.5. The molecule has 0 amide bonds. The minimum atomic E-state index is -0.398. The van der Waals surface area contributed by atoms with Gasteiger partial charge >= 0.3 is 0 Å². The molecule has 2 rings (SSSR count). The van der Waals surface area contributed by atoms with E-state index in [9.17, 15) is 10.1 Å². The van der Waals surface area contributed by atoms with Crippen LogP contribution < -0.4 is 5.32 Å². The van der Waals surface area contributed by atoms with Crippen LogP contribution in [0.15, 0.2) is 60.2 Å². The lowest BCUT2D eigenvalue weighted by molar-refractivity contribution is -0.384. The summed E-state index contributed by atoms with van der Waals surface area (Å²) < 4.78 is 0. The van der Waals surface area contributed by atoms with Crippen LogP contribution in [0.1, 0.15) is 12.5 Å². The van der Waals surface area contributed by atoms with Gasteiger partial charge in [0.25, 0.3) is 5.69 Å². The van der Waals surface area contributed by atoms with Gasteiger partial charge in [-0.3, -0.25) is 10.1 Å². The third-order valence-electron chi connectivity index (χ3n) is 2.86. The Labute approximate surface area is 117 Å². The van der Waals surface area contributed by atoms with E-state index < -0.39 is 4.92 Å². The van der Waals surface area contributed by atoms with E-state index in [0.29, 0.717) is 6.54 Å². The fourth-order valence-electron chi connectivity index (χ4n) is 1.83. The van der Waals surface area contributed by atoms with Gasteiger partial charge in [0.05, 0.1) is 4.92 Å². The van der Waals surface area contributed by atoms with E-state index in [4.69, 9.17) is 0 Å². The fourth-order valence-corrected chi connectivity index (χ4v) is 1.83. The quantitative estimate of drug-likeness (QED) is 0.655. The van der Waals surface area contributed by atoms with E-state index in [1.165, 1.54) is 17.7 Å². The fraction of sp³-hybridized carbons (Fsp3) is 0.125. The molecule has 0 saturated carbocycles. The van der Waals surface area contributed by atoms with Crippen molar-refractivity contribution in [3.05, 3.63) is 75.8 Å². The number of nitrogens with zero attached hydrogens (tertiary/aromatic N) is 1. The Hall–Kier alpha value is -2.62. The van der Waals surface area contributed by atoms with Crippen LogP contribution >= 0.6 is 0 Å². The van der Waals surface area contributed by atoms with E-state index in [1.807, 2.05) is 25.1 Å². The molecule has 2 aromatic rings. The van der Waals surface area contributed by atoms with Crippen molar-refractivity contribution in [1.29, 1.82) is 0 Å². The lowest BCUT2D eigenvalue weighted by Crippen LogP contribution is -2.02. The van der Waals surface area contributed by atoms with E-state index in [1.54, 1.807) is 12.1 Å². The zero-order valence-electron chi connectivity index (χ0n) is 11.2. The molecule has 102 valence electrons. The second-order valence-electron chi connectivity index (χ2n) is 4.56. The molecule has 0 atom stereocenters. The highest BCUT2D eigenvalue weighted by Gasteiger charge is 2.03. The van der Waals surface area contributed by atoms with Gasteiger partial charge in [-0.2, -0.15) is 0 Å². The maximum absolute atomic E-state index is 10.6. The predicted octanol–water partition coefficient (Wildman–Crippen LogP) is 4.11. The lowest BCUT2D eigenvalue weighted by Gasteiger charge is -2.06. The third-order valence-corrected chi connectivity index (χ3v) is 2.86. The Morgan fingerprint density at radius 1 is 1.15 bits per heavy atom. The monoisotopic (exact) mass is 268 g/mol. The Kier molecular flexibility index (Phi) is 4.50. The second kappa shape index (κ2) is 6.52. The van der Waals surface area contributed by atoms with Gasteiger partial charge in [-0.25, -0.2) is 0 Å². The Balaban J connectivity index is 1.95. The number of anilines is 1. The Bertz CT molecular complexity index is 604. The molecule has 0 fully saturated rings. The molecule has 4 heteroatoms. The lowest BCUT2D eigenvalue weighted by atomic mass is 10.1. The number of nitro benzene ring substituents is 1. The number of rotatable bonds is 5. The van der Waals surface area contributed by atoms with Crippen molar-refractivity contribution in [2.75, 3.05) is 11.9 Å². The van der Waals surface area contributed by atoms with Gasteiger partial charge < -0.3 is 5.32 Å². The molecule has 0 bridgehead atoms. The number of hydrogen-bond donors (Lipinski definition) is 1. The minimum Gasteiger partial charge on any atom is -0.381 e. The van der Waals surface area contributed by atoms with Crippen LogP contribution in [0.4, 0.5) is 11.4 Å². The molecule has 0 radical (unpaired) electrons. The molecule has 0 saturated heterocycles. The summed E-state index contributed by atoms with van der Waals surface area (Å²) in [5, 5.41) is 13.8. The normalized spacial score (nSPS) is 11.2. The van der Waals surface area contributed by atoms with Crippen molar-refractivity contribution in [1.82, 2.24) is 0 Å². The molecule has 0 unspecified atom stereocenters. The van der Waals surface area contributed by atoms with Gasteiger partial charge in [0.1, 0.15) is 0 Å². The number of hydrogen-bond acceptors (Lipinski definition) is 3. The summed E-state index contributed by atoms with van der Waals surface area (Å²) in [6.45, 7) is 2.75. The van der Waals surface area contributed by atoms with Crippen LogP contribution in [0.5, 0.6) is 0 Å². The van der Waals surface area contributed by atoms with Gasteiger partial charge in [0.2, 0.25) is 0 Å². The van der Waals surface area contributed by atoms with E-state index in [-0.39, 0.29) is 5.69 Å². The third kappa shape index (κ3) is 3.95. The molecule has 0 aliphatic carbocycles. The first kappa shape index (κ1) is 13.8. The zero-order chi connectivity index (χ0) is 14.4. The van der Waals surface area contributed by atoms with Crippen LogP contribution in [0, 0.1) is 10.1 Å². The maximum atomic E-state index is 10.6. The molecule has 0 aromatic heterocycles. The number of benzene rings is 2. The van der Waals surface area contributed by atoms with Crippen LogP contribution in [0.3, 0.4) is 0 Å². The number of nitrogens with one attached hydrogen (secondary N) is 1. The standard InChI is InChI=1S/C16H16N2O2/c1-13(11-14-5-3-2-4-6-14)12-17-15-7-9-16(10-8-15)18(19)20/h2-11,17H,12H2,1H3/b13-11+. The summed E-state index contributed by atoms with van der Waals surface area (Å²) in [4.78, 5) is 10.2. The largest absolute Gasteiger partial charge is 0.381 e. The SMILES string of the molecule is C/C(=C\c1ccccc1)CNc1ccc([N+](=O)[O-])cc1. The highest BCUT2D eigenvalue weighted by Crippen LogP contribution is 2.16. The summed E-state index contributed by atoms with van der Waals surface area (Å²) in [5.74, 6) is 0. The van der Waals surface area contributed by atoms with Crippen LogP contribution in [0.25, 0.3) is 6.08 Å². The molecule has 20 heavy (non-hydrogen) atoms. The molecular weight excluding hydrogens is 252 g/mol. The van der Waals surface area contributed by atoms with Gasteiger partial charge in [0, 0.05) is 24.4 Å². The van der Waals surface area contributed by atoms with Crippen LogP contribution in [-0.4, -0.2) is 11.5 Å². The van der Waals surface area contributed by atoms with Crippen LogP contribution in [-0.2, 0) is 0 Å². The van der Waals surface area contributed by atoms with Gasteiger partial charge in [0.15, 0.2) is 0 Å². The van der Waals surface area contributed by atoms with Gasteiger partial charge in [-0.15, -0.1) is 0 Å². The van der Waals surface area contributed by atoms with Gasteiger partial charge in [-0.05, 0) is 24.6 Å². The molecule has 2 aromatic carbocycles. The Morgan fingerprint density at radius 3 is 2.40 bits per heavy atom. The minimum absolute atomic E-state index is 0.104. The highest BCUT2D eigenvalue weighted by molar-refractivity contribution is 5.55. The Morgan fingerprint density at radius 2 is 1.80 bits per heavy atom. The molecule has 0 aliphatic heterocycles. The number of non-ortho nitro benzene ring substituents is 1. The molecule has 0 aliphatic rings. The summed E-state index contributed by atoms with van der Waals surface area (Å²) in [6.07, 6.45) is 2.11.